The summed E-state index contributed by atoms with van der Waals surface area (Å²) in [4.78, 5) is 13.2. The molecule has 0 aromatic carbocycles. The van der Waals surface area contributed by atoms with Gasteiger partial charge in [0, 0.05) is 6.42 Å². The number of hydrogen-bond acceptors (Lipinski definition) is 2. The van der Waals surface area contributed by atoms with Crippen LogP contribution in [0.3, 0.4) is 0 Å². The Morgan fingerprint density at radius 3 is 3.00 bits per heavy atom. The van der Waals surface area contributed by atoms with Gasteiger partial charge in [0.15, 0.2) is 0 Å². The number of rotatable bonds is 0. The van der Waals surface area contributed by atoms with Crippen LogP contribution in [0.15, 0.2) is 18.7 Å². The number of imidazole rings is 1. The Hall–Kier alpha value is -1.90. The van der Waals surface area contributed by atoms with Gasteiger partial charge in [0.05, 0.1) is 19.7 Å². The SMILES string of the molecule is C[n+]1ccn(C(=O)N2C[C@@H](F)C[C@H]2C#N)c1. The van der Waals surface area contributed by atoms with E-state index in [1.54, 1.807) is 30.3 Å². The maximum absolute atomic E-state index is 13.1. The first-order valence-corrected chi connectivity index (χ1v) is 4.99. The van der Waals surface area contributed by atoms with Crippen molar-refractivity contribution in [2.75, 3.05) is 6.54 Å². The van der Waals surface area contributed by atoms with Gasteiger partial charge in [0.2, 0.25) is 0 Å². The summed E-state index contributed by atoms with van der Waals surface area (Å²) < 4.78 is 16.2. The zero-order chi connectivity index (χ0) is 11.7. The Morgan fingerprint density at radius 2 is 2.44 bits per heavy atom. The van der Waals surface area contributed by atoms with Crippen LogP contribution in [-0.2, 0) is 7.05 Å². The average Bonchev–Trinajstić information content (AvgIpc) is 2.83. The molecule has 0 N–H and O–H groups in total. The molecule has 1 aliphatic rings. The van der Waals surface area contributed by atoms with Gasteiger partial charge in [-0.25, -0.2) is 13.8 Å². The Labute approximate surface area is 92.3 Å². The number of hydrogen-bond donors (Lipinski definition) is 0. The third-order valence-corrected chi connectivity index (χ3v) is 2.63. The lowest BCUT2D eigenvalue weighted by Gasteiger charge is -2.15. The van der Waals surface area contributed by atoms with Crippen LogP contribution in [0.5, 0.6) is 0 Å². The lowest BCUT2D eigenvalue weighted by atomic mass is 10.2. The summed E-state index contributed by atoms with van der Waals surface area (Å²) in [6, 6.07) is 0.935. The number of aryl methyl sites for hydroxylation is 1. The van der Waals surface area contributed by atoms with Crippen molar-refractivity contribution in [1.82, 2.24) is 9.47 Å². The second kappa shape index (κ2) is 3.93. The predicted octanol–water partition coefficient (Wildman–Crippen LogP) is 0.217. The van der Waals surface area contributed by atoms with E-state index in [1.807, 2.05) is 6.07 Å². The molecule has 2 heterocycles. The summed E-state index contributed by atoms with van der Waals surface area (Å²) in [7, 11) is 1.79. The van der Waals surface area contributed by atoms with Gasteiger partial charge in [0.25, 0.3) is 6.33 Å². The molecule has 1 aliphatic heterocycles. The van der Waals surface area contributed by atoms with Gasteiger partial charge in [-0.1, -0.05) is 0 Å². The molecule has 0 spiro atoms. The molecule has 0 bridgehead atoms. The van der Waals surface area contributed by atoms with E-state index in [-0.39, 0.29) is 19.0 Å². The standard InChI is InChI=1S/C10H12FN4O/c1-13-2-3-14(7-13)10(16)15-6-8(11)4-9(15)5-12/h2-3,7-9H,4,6H2,1H3/q+1/t8-,9-/m0/s1. The number of amides is 1. The molecule has 0 radical (unpaired) electrons. The average molecular weight is 223 g/mol. The van der Waals surface area contributed by atoms with Crippen molar-refractivity contribution in [2.45, 2.75) is 18.6 Å². The first kappa shape index (κ1) is 10.6. The minimum atomic E-state index is -1.10. The smallest absolute Gasteiger partial charge is 0.285 e. The van der Waals surface area contributed by atoms with Crippen molar-refractivity contribution in [3.8, 4) is 6.07 Å². The quantitative estimate of drug-likeness (QED) is 0.591. The Balaban J connectivity index is 2.19. The lowest BCUT2D eigenvalue weighted by molar-refractivity contribution is -0.670. The molecule has 16 heavy (non-hydrogen) atoms. The molecule has 2 atom stereocenters. The van der Waals surface area contributed by atoms with Crippen LogP contribution in [0.4, 0.5) is 9.18 Å². The monoisotopic (exact) mass is 223 g/mol. The van der Waals surface area contributed by atoms with E-state index < -0.39 is 12.2 Å². The Morgan fingerprint density at radius 1 is 1.69 bits per heavy atom. The fourth-order valence-corrected chi connectivity index (χ4v) is 1.83. The number of aromatic nitrogens is 2. The van der Waals surface area contributed by atoms with Crippen LogP contribution in [0.25, 0.3) is 0 Å². The number of carbonyl (C=O) groups excluding carboxylic acids is 1. The third-order valence-electron chi connectivity index (χ3n) is 2.63. The highest BCUT2D eigenvalue weighted by Crippen LogP contribution is 2.20. The van der Waals surface area contributed by atoms with E-state index in [4.69, 9.17) is 5.26 Å². The van der Waals surface area contributed by atoms with Gasteiger partial charge in [0.1, 0.15) is 24.6 Å². The van der Waals surface area contributed by atoms with E-state index in [9.17, 15) is 9.18 Å². The Kier molecular flexibility index (Phi) is 2.60. The molecule has 2 rings (SSSR count). The minimum Gasteiger partial charge on any atom is -0.285 e. The third kappa shape index (κ3) is 1.76. The van der Waals surface area contributed by atoms with E-state index >= 15 is 0 Å². The molecule has 6 heteroatoms. The number of likely N-dealkylation sites (tertiary alicyclic amines) is 1. The molecule has 1 fully saturated rings. The summed E-state index contributed by atoms with van der Waals surface area (Å²) in [5.74, 6) is 0. The van der Waals surface area contributed by atoms with Crippen molar-refractivity contribution in [1.29, 1.82) is 5.26 Å². The molecule has 1 aromatic rings. The lowest BCUT2D eigenvalue weighted by Crippen LogP contribution is -2.38. The molecule has 5 nitrogen and oxygen atoms in total. The van der Waals surface area contributed by atoms with Crippen molar-refractivity contribution in [3.63, 3.8) is 0 Å². The highest BCUT2D eigenvalue weighted by molar-refractivity contribution is 5.77. The van der Waals surface area contributed by atoms with Gasteiger partial charge in [-0.2, -0.15) is 9.83 Å². The molecule has 84 valence electrons. The van der Waals surface area contributed by atoms with Crippen LogP contribution in [0, 0.1) is 11.3 Å². The number of nitrogens with zero attached hydrogens (tertiary/aromatic N) is 4. The summed E-state index contributed by atoms with van der Waals surface area (Å²) in [5, 5.41) is 8.83. The number of nitriles is 1. The van der Waals surface area contributed by atoms with Gasteiger partial charge >= 0.3 is 6.03 Å². The summed E-state index contributed by atoms with van der Waals surface area (Å²) in [5.41, 5.74) is 0. The van der Waals surface area contributed by atoms with Crippen LogP contribution in [-0.4, -0.2) is 34.3 Å². The van der Waals surface area contributed by atoms with Crippen molar-refractivity contribution in [3.05, 3.63) is 18.7 Å². The van der Waals surface area contributed by atoms with E-state index in [0.717, 1.165) is 0 Å². The fraction of sp³-hybridized carbons (Fsp3) is 0.500. The van der Waals surface area contributed by atoms with E-state index in [1.165, 1.54) is 9.47 Å². The van der Waals surface area contributed by atoms with Crippen molar-refractivity contribution >= 4 is 6.03 Å². The second-order valence-corrected chi connectivity index (χ2v) is 3.90. The zero-order valence-electron chi connectivity index (χ0n) is 8.88. The zero-order valence-corrected chi connectivity index (χ0v) is 8.88. The normalized spacial score (nSPS) is 24.4. The maximum Gasteiger partial charge on any atom is 0.416 e. The van der Waals surface area contributed by atoms with Gasteiger partial charge in [-0.05, 0) is 0 Å². The van der Waals surface area contributed by atoms with Gasteiger partial charge in [-0.3, -0.25) is 4.90 Å². The highest BCUT2D eigenvalue weighted by atomic mass is 19.1. The largest absolute Gasteiger partial charge is 0.416 e. The van der Waals surface area contributed by atoms with E-state index in [0.29, 0.717) is 0 Å². The van der Waals surface area contributed by atoms with Crippen LogP contribution >= 0.6 is 0 Å². The molecule has 0 aliphatic carbocycles. The summed E-state index contributed by atoms with van der Waals surface area (Å²) in [6.07, 6.45) is 3.89. The van der Waals surface area contributed by atoms with E-state index in [2.05, 4.69) is 0 Å². The second-order valence-electron chi connectivity index (χ2n) is 3.90. The van der Waals surface area contributed by atoms with Crippen molar-refractivity contribution in [2.24, 2.45) is 7.05 Å². The van der Waals surface area contributed by atoms with Gasteiger partial charge in [-0.15, -0.1) is 0 Å². The van der Waals surface area contributed by atoms with Crippen LogP contribution in [0.1, 0.15) is 6.42 Å². The maximum atomic E-state index is 13.1. The number of alkyl halides is 1. The van der Waals surface area contributed by atoms with Crippen LogP contribution in [0.2, 0.25) is 0 Å². The highest BCUT2D eigenvalue weighted by Gasteiger charge is 2.38. The molecule has 0 unspecified atom stereocenters. The topological polar surface area (TPSA) is 52.9 Å². The molecule has 1 amide bonds. The first-order chi connectivity index (χ1) is 7.61. The molecule has 1 aromatic heterocycles. The van der Waals surface area contributed by atoms with Crippen molar-refractivity contribution < 1.29 is 13.8 Å². The first-order valence-electron chi connectivity index (χ1n) is 4.99. The van der Waals surface area contributed by atoms with Crippen LogP contribution < -0.4 is 4.57 Å². The molecule has 0 saturated carbocycles. The number of carbonyl (C=O) groups is 1. The summed E-state index contributed by atoms with van der Waals surface area (Å²) >= 11 is 0. The minimum absolute atomic E-state index is 0.00104. The molecular weight excluding hydrogens is 211 g/mol. The Bertz CT molecular complexity index is 450. The molecular formula is C10H12FN4O+. The van der Waals surface area contributed by atoms with Gasteiger partial charge < -0.3 is 0 Å². The number of halogens is 1. The molecule has 1 saturated heterocycles. The summed E-state index contributed by atoms with van der Waals surface area (Å²) in [6.45, 7) is -0.00104. The fourth-order valence-electron chi connectivity index (χ4n) is 1.83. The predicted molar refractivity (Wildman–Crippen MR) is 52.0 cm³/mol.